The van der Waals surface area contributed by atoms with Crippen molar-refractivity contribution in [1.82, 2.24) is 4.98 Å². The molecule has 2 rings (SSSR count). The van der Waals surface area contributed by atoms with Crippen LogP contribution in [0.25, 0.3) is 0 Å². The molecule has 1 N–H and O–H groups in total. The molecule has 6 heteroatoms. The number of carbonyl (C=O) groups is 1. The lowest BCUT2D eigenvalue weighted by Gasteiger charge is -2.07. The molecule has 1 heterocycles. The van der Waals surface area contributed by atoms with Crippen molar-refractivity contribution < 1.29 is 14.1 Å². The van der Waals surface area contributed by atoms with Gasteiger partial charge in [-0.2, -0.15) is 0 Å². The van der Waals surface area contributed by atoms with Crippen LogP contribution in [0.1, 0.15) is 21.5 Å². The molecule has 0 saturated heterocycles. The Morgan fingerprint density at radius 1 is 1.35 bits per heavy atom. The molecule has 4 nitrogen and oxygen atoms in total. The summed E-state index contributed by atoms with van der Waals surface area (Å²) in [6.45, 7) is 1.90. The van der Waals surface area contributed by atoms with E-state index < -0.39 is 16.8 Å². The summed E-state index contributed by atoms with van der Waals surface area (Å²) in [5.41, 5.74) is 1.86. The maximum atomic E-state index is 12.4. The van der Waals surface area contributed by atoms with Gasteiger partial charge in [-0.3, -0.25) is 9.19 Å². The molecule has 0 amide bonds. The number of pyridine rings is 1. The predicted octanol–water partition coefficient (Wildman–Crippen LogP) is 3.16. The maximum Gasteiger partial charge on any atom is 0.336 e. The van der Waals surface area contributed by atoms with E-state index in [1.54, 1.807) is 24.5 Å². The molecule has 1 aromatic heterocycles. The van der Waals surface area contributed by atoms with Crippen LogP contribution < -0.4 is 0 Å². The third kappa shape index (κ3) is 3.52. The Balaban J connectivity index is 2.34. The first-order valence-electron chi connectivity index (χ1n) is 5.79. The van der Waals surface area contributed by atoms with Crippen molar-refractivity contribution in [2.45, 2.75) is 17.6 Å². The van der Waals surface area contributed by atoms with Crippen molar-refractivity contribution in [1.29, 1.82) is 0 Å². The lowest BCUT2D eigenvalue weighted by molar-refractivity contribution is 0.0693. The molecule has 20 heavy (non-hydrogen) atoms. The fourth-order valence-corrected chi connectivity index (χ4v) is 3.57. The number of carboxylic acids is 1. The second-order valence-corrected chi connectivity index (χ2v) is 6.64. The number of hydrogen-bond acceptors (Lipinski definition) is 3. The summed E-state index contributed by atoms with van der Waals surface area (Å²) < 4.78 is 13.1. The second-order valence-electron chi connectivity index (χ2n) is 4.31. The third-order valence-corrected chi connectivity index (χ3v) is 4.57. The van der Waals surface area contributed by atoms with Gasteiger partial charge in [-0.1, -0.05) is 22.0 Å². The van der Waals surface area contributed by atoms with Gasteiger partial charge in [-0.25, -0.2) is 4.79 Å². The minimum Gasteiger partial charge on any atom is -0.478 e. The summed E-state index contributed by atoms with van der Waals surface area (Å²) in [6.07, 6.45) is 3.36. The molecule has 1 atom stereocenters. The smallest absolute Gasteiger partial charge is 0.336 e. The van der Waals surface area contributed by atoms with Crippen molar-refractivity contribution >= 4 is 32.7 Å². The van der Waals surface area contributed by atoms with Crippen LogP contribution in [0.15, 0.2) is 46.0 Å². The Morgan fingerprint density at radius 3 is 2.75 bits per heavy atom. The summed E-state index contributed by atoms with van der Waals surface area (Å²) in [5, 5.41) is 9.15. The van der Waals surface area contributed by atoms with Crippen LogP contribution >= 0.6 is 15.9 Å². The minimum atomic E-state index is -1.44. The standard InChI is InChI=1S/C14H12BrNO3S/c1-9-4-10(7-16-6-9)8-20(19)13-5-11(15)2-3-12(13)14(17)18/h2-7H,8H2,1H3,(H,17,18). The molecule has 2 aromatic rings. The molecular weight excluding hydrogens is 342 g/mol. The van der Waals surface area contributed by atoms with Gasteiger partial charge in [0.15, 0.2) is 0 Å². The zero-order valence-electron chi connectivity index (χ0n) is 10.7. The van der Waals surface area contributed by atoms with Crippen LogP contribution in [0, 0.1) is 6.92 Å². The fourth-order valence-electron chi connectivity index (χ4n) is 1.79. The van der Waals surface area contributed by atoms with Gasteiger partial charge in [-0.05, 0) is 36.2 Å². The van der Waals surface area contributed by atoms with E-state index in [2.05, 4.69) is 20.9 Å². The number of benzene rings is 1. The third-order valence-electron chi connectivity index (χ3n) is 2.65. The first-order valence-corrected chi connectivity index (χ1v) is 7.90. The minimum absolute atomic E-state index is 0.0622. The Bertz CT molecular complexity index is 688. The molecule has 0 saturated carbocycles. The van der Waals surface area contributed by atoms with E-state index in [0.717, 1.165) is 11.1 Å². The zero-order chi connectivity index (χ0) is 14.7. The van der Waals surface area contributed by atoms with Crippen molar-refractivity contribution in [3.63, 3.8) is 0 Å². The van der Waals surface area contributed by atoms with Gasteiger partial charge < -0.3 is 5.11 Å². The molecule has 0 spiro atoms. The highest BCUT2D eigenvalue weighted by molar-refractivity contribution is 9.10. The van der Waals surface area contributed by atoms with E-state index in [1.807, 2.05) is 13.0 Å². The van der Waals surface area contributed by atoms with Crippen molar-refractivity contribution in [2.24, 2.45) is 0 Å². The number of halogens is 1. The Kier molecular flexibility index (Phi) is 4.67. The van der Waals surface area contributed by atoms with E-state index in [9.17, 15) is 9.00 Å². The van der Waals surface area contributed by atoms with Crippen LogP contribution in [0.4, 0.5) is 0 Å². The van der Waals surface area contributed by atoms with Gasteiger partial charge in [0.05, 0.1) is 27.0 Å². The van der Waals surface area contributed by atoms with Crippen LogP contribution in [0.3, 0.4) is 0 Å². The Morgan fingerprint density at radius 2 is 2.10 bits per heavy atom. The molecule has 0 aliphatic rings. The molecule has 0 aliphatic heterocycles. The van der Waals surface area contributed by atoms with Crippen LogP contribution in [0.5, 0.6) is 0 Å². The van der Waals surface area contributed by atoms with Gasteiger partial charge in [0.1, 0.15) is 0 Å². The van der Waals surface area contributed by atoms with E-state index in [1.165, 1.54) is 6.07 Å². The number of aryl methyl sites for hydroxylation is 1. The highest BCUT2D eigenvalue weighted by Crippen LogP contribution is 2.22. The molecule has 104 valence electrons. The summed E-state index contributed by atoms with van der Waals surface area (Å²) >= 11 is 3.27. The first-order chi connectivity index (χ1) is 9.47. The molecule has 0 radical (unpaired) electrons. The summed E-state index contributed by atoms with van der Waals surface area (Å²) in [6, 6.07) is 6.55. The summed E-state index contributed by atoms with van der Waals surface area (Å²) in [7, 11) is -1.44. The summed E-state index contributed by atoms with van der Waals surface area (Å²) in [5.74, 6) is -0.839. The quantitative estimate of drug-likeness (QED) is 0.916. The lowest BCUT2D eigenvalue weighted by Crippen LogP contribution is -2.06. The van der Waals surface area contributed by atoms with Gasteiger partial charge in [0.25, 0.3) is 0 Å². The van der Waals surface area contributed by atoms with E-state index >= 15 is 0 Å². The van der Waals surface area contributed by atoms with E-state index in [0.29, 0.717) is 9.37 Å². The number of aromatic carboxylic acids is 1. The predicted molar refractivity (Wildman–Crippen MR) is 80.2 cm³/mol. The van der Waals surface area contributed by atoms with Crippen molar-refractivity contribution in [3.8, 4) is 0 Å². The monoisotopic (exact) mass is 353 g/mol. The fraction of sp³-hybridized carbons (Fsp3) is 0.143. The van der Waals surface area contributed by atoms with Crippen LogP contribution in [-0.4, -0.2) is 20.3 Å². The molecule has 1 unspecified atom stereocenters. The normalized spacial score (nSPS) is 12.1. The molecule has 0 fully saturated rings. The highest BCUT2D eigenvalue weighted by Gasteiger charge is 2.16. The van der Waals surface area contributed by atoms with Crippen LogP contribution in [-0.2, 0) is 16.6 Å². The van der Waals surface area contributed by atoms with Gasteiger partial charge in [-0.15, -0.1) is 0 Å². The number of nitrogens with zero attached hydrogens (tertiary/aromatic N) is 1. The molecule has 0 bridgehead atoms. The first kappa shape index (κ1) is 14.9. The van der Waals surface area contributed by atoms with Crippen LogP contribution in [0.2, 0.25) is 0 Å². The number of hydrogen-bond donors (Lipinski definition) is 1. The number of rotatable bonds is 4. The highest BCUT2D eigenvalue weighted by atomic mass is 79.9. The largest absolute Gasteiger partial charge is 0.478 e. The molecular formula is C14H12BrNO3S. The second kappa shape index (κ2) is 6.28. The average molecular weight is 354 g/mol. The average Bonchev–Trinajstić information content (AvgIpc) is 2.38. The molecule has 1 aromatic carbocycles. The summed E-state index contributed by atoms with van der Waals surface area (Å²) in [4.78, 5) is 15.5. The van der Waals surface area contributed by atoms with Gasteiger partial charge in [0, 0.05) is 16.9 Å². The Hall–Kier alpha value is -1.53. The van der Waals surface area contributed by atoms with Crippen molar-refractivity contribution in [2.75, 3.05) is 0 Å². The topological polar surface area (TPSA) is 67.3 Å². The number of carboxylic acid groups (broad SMARTS) is 1. The van der Waals surface area contributed by atoms with E-state index in [4.69, 9.17) is 5.11 Å². The maximum absolute atomic E-state index is 12.4. The lowest BCUT2D eigenvalue weighted by atomic mass is 10.2. The Labute approximate surface area is 127 Å². The van der Waals surface area contributed by atoms with Gasteiger partial charge in [0.2, 0.25) is 0 Å². The zero-order valence-corrected chi connectivity index (χ0v) is 13.1. The number of aromatic nitrogens is 1. The van der Waals surface area contributed by atoms with Gasteiger partial charge >= 0.3 is 5.97 Å². The SMILES string of the molecule is Cc1cncc(CS(=O)c2cc(Br)ccc2C(=O)O)c1. The van der Waals surface area contributed by atoms with Crippen molar-refractivity contribution in [3.05, 3.63) is 57.8 Å². The molecule has 0 aliphatic carbocycles. The van der Waals surface area contributed by atoms with E-state index in [-0.39, 0.29) is 11.3 Å².